The SMILES string of the molecule is CC(Nc1ncnc2[nH]cnc12)c1cc(Cl)c2cccnc2c1N1CCN(C2CCCCC2)CC1. The van der Waals surface area contributed by atoms with Gasteiger partial charge in [-0.3, -0.25) is 9.88 Å². The van der Waals surface area contributed by atoms with E-state index in [1.54, 1.807) is 12.7 Å². The van der Waals surface area contributed by atoms with Crippen LogP contribution in [0, 0.1) is 0 Å². The van der Waals surface area contributed by atoms with Crippen molar-refractivity contribution in [2.75, 3.05) is 36.4 Å². The van der Waals surface area contributed by atoms with Gasteiger partial charge in [0.1, 0.15) is 11.8 Å². The molecule has 1 saturated heterocycles. The molecule has 1 aliphatic carbocycles. The standard InChI is InChI=1S/C26H31ClN8/c1-17(33-26-23-25(30-15-29-23)31-16-32-26)20-14-21(27)19-8-5-9-28-22(19)24(20)35-12-10-34(11-13-35)18-6-3-2-4-7-18/h5,8-9,14-18H,2-4,6-7,10-13H2,1H3,(H2,29,30,31,32,33). The van der Waals surface area contributed by atoms with Crippen LogP contribution in [0.2, 0.25) is 5.02 Å². The van der Waals surface area contributed by atoms with E-state index >= 15 is 0 Å². The van der Waals surface area contributed by atoms with Gasteiger partial charge in [0.25, 0.3) is 0 Å². The Morgan fingerprint density at radius 2 is 1.86 bits per heavy atom. The molecule has 8 nitrogen and oxygen atoms in total. The lowest BCUT2D eigenvalue weighted by Crippen LogP contribution is -2.51. The summed E-state index contributed by atoms with van der Waals surface area (Å²) >= 11 is 6.78. The number of H-pyrrole nitrogens is 1. The van der Waals surface area contributed by atoms with E-state index in [0.29, 0.717) is 16.5 Å². The Hall–Kier alpha value is -2.97. The zero-order chi connectivity index (χ0) is 23.8. The fourth-order valence-electron chi connectivity index (χ4n) is 5.78. The van der Waals surface area contributed by atoms with Crippen molar-refractivity contribution in [1.29, 1.82) is 0 Å². The number of aromatic nitrogens is 5. The zero-order valence-electron chi connectivity index (χ0n) is 20.0. The molecule has 2 aliphatic rings. The first kappa shape index (κ1) is 22.5. The molecule has 1 unspecified atom stereocenters. The van der Waals surface area contributed by atoms with Crippen LogP contribution in [0.25, 0.3) is 22.1 Å². The van der Waals surface area contributed by atoms with Gasteiger partial charge in [0.05, 0.1) is 28.6 Å². The average molecular weight is 491 g/mol. The summed E-state index contributed by atoms with van der Waals surface area (Å²) in [5.74, 6) is 0.703. The Bertz CT molecular complexity index is 1320. The van der Waals surface area contributed by atoms with Crippen molar-refractivity contribution in [1.82, 2.24) is 29.8 Å². The molecule has 0 bridgehead atoms. The van der Waals surface area contributed by atoms with Crippen LogP contribution >= 0.6 is 11.6 Å². The molecule has 35 heavy (non-hydrogen) atoms. The third-order valence-corrected chi connectivity index (χ3v) is 7.92. The highest BCUT2D eigenvalue weighted by atomic mass is 35.5. The summed E-state index contributed by atoms with van der Waals surface area (Å²) in [7, 11) is 0. The fraction of sp³-hybridized carbons (Fsp3) is 0.462. The van der Waals surface area contributed by atoms with Gasteiger partial charge < -0.3 is 15.2 Å². The molecule has 1 atom stereocenters. The lowest BCUT2D eigenvalue weighted by Gasteiger charge is -2.42. The molecular formula is C26H31ClN8. The minimum absolute atomic E-state index is 0.0555. The molecule has 6 rings (SSSR count). The quantitative estimate of drug-likeness (QED) is 0.398. The summed E-state index contributed by atoms with van der Waals surface area (Å²) in [5.41, 5.74) is 4.69. The number of pyridine rings is 1. The van der Waals surface area contributed by atoms with Crippen LogP contribution < -0.4 is 10.2 Å². The van der Waals surface area contributed by atoms with Gasteiger partial charge in [-0.15, -0.1) is 0 Å². The van der Waals surface area contributed by atoms with Gasteiger partial charge in [-0.1, -0.05) is 30.9 Å². The van der Waals surface area contributed by atoms with E-state index in [4.69, 9.17) is 16.6 Å². The van der Waals surface area contributed by atoms with Crippen LogP contribution in [0.3, 0.4) is 0 Å². The number of hydrogen-bond donors (Lipinski definition) is 2. The van der Waals surface area contributed by atoms with Crippen LogP contribution in [0.5, 0.6) is 0 Å². The Kier molecular flexibility index (Phi) is 6.16. The summed E-state index contributed by atoms with van der Waals surface area (Å²) in [6, 6.07) is 6.80. The molecule has 4 aromatic rings. The molecule has 0 amide bonds. The second-order valence-electron chi connectivity index (χ2n) is 9.70. The predicted molar refractivity (Wildman–Crippen MR) is 141 cm³/mol. The summed E-state index contributed by atoms with van der Waals surface area (Å²) < 4.78 is 0. The fourth-order valence-corrected chi connectivity index (χ4v) is 6.05. The van der Waals surface area contributed by atoms with Crippen LogP contribution in [0.1, 0.15) is 50.6 Å². The molecule has 1 saturated carbocycles. The number of aromatic amines is 1. The minimum Gasteiger partial charge on any atom is -0.367 e. The third-order valence-electron chi connectivity index (χ3n) is 7.60. The van der Waals surface area contributed by atoms with Crippen LogP contribution in [-0.2, 0) is 0 Å². The molecule has 182 valence electrons. The number of fused-ring (bicyclic) bond motifs is 2. The maximum absolute atomic E-state index is 6.78. The first-order valence-corrected chi connectivity index (χ1v) is 13.0. The van der Waals surface area contributed by atoms with Crippen molar-refractivity contribution >= 4 is 45.2 Å². The summed E-state index contributed by atoms with van der Waals surface area (Å²) in [6.07, 6.45) is 11.9. The molecule has 9 heteroatoms. The lowest BCUT2D eigenvalue weighted by atomic mass is 9.93. The Labute approximate surface area is 210 Å². The summed E-state index contributed by atoms with van der Waals surface area (Å²) in [4.78, 5) is 26.2. The number of imidazole rings is 1. The van der Waals surface area contributed by atoms with Crippen molar-refractivity contribution < 1.29 is 0 Å². The van der Waals surface area contributed by atoms with Gasteiger partial charge in [-0.2, -0.15) is 0 Å². The number of benzene rings is 1. The molecule has 0 spiro atoms. The van der Waals surface area contributed by atoms with Gasteiger partial charge in [0, 0.05) is 49.4 Å². The normalized spacial score (nSPS) is 18.9. The maximum Gasteiger partial charge on any atom is 0.162 e. The number of hydrogen-bond acceptors (Lipinski definition) is 7. The highest BCUT2D eigenvalue weighted by Crippen LogP contribution is 2.39. The number of rotatable bonds is 5. The smallest absolute Gasteiger partial charge is 0.162 e. The van der Waals surface area contributed by atoms with Crippen LogP contribution in [0.4, 0.5) is 11.5 Å². The lowest BCUT2D eigenvalue weighted by molar-refractivity contribution is 0.148. The van der Waals surface area contributed by atoms with Crippen molar-refractivity contribution in [2.45, 2.75) is 51.1 Å². The topological polar surface area (TPSA) is 85.9 Å². The monoisotopic (exact) mass is 490 g/mol. The predicted octanol–water partition coefficient (Wildman–Crippen LogP) is 5.18. The van der Waals surface area contributed by atoms with Gasteiger partial charge >= 0.3 is 0 Å². The van der Waals surface area contributed by atoms with Crippen LogP contribution in [-0.4, -0.2) is 62.0 Å². The number of nitrogens with zero attached hydrogens (tertiary/aromatic N) is 6. The number of nitrogens with one attached hydrogen (secondary N) is 2. The van der Waals surface area contributed by atoms with Crippen molar-refractivity contribution in [2.24, 2.45) is 0 Å². The molecule has 3 aromatic heterocycles. The second-order valence-corrected chi connectivity index (χ2v) is 10.1. The van der Waals surface area contributed by atoms with E-state index in [1.807, 2.05) is 12.3 Å². The Morgan fingerprint density at radius 3 is 2.69 bits per heavy atom. The zero-order valence-corrected chi connectivity index (χ0v) is 20.8. The van der Waals surface area contributed by atoms with Gasteiger partial charge in [0.2, 0.25) is 0 Å². The molecule has 4 heterocycles. The van der Waals surface area contributed by atoms with E-state index in [0.717, 1.165) is 54.2 Å². The molecule has 1 aromatic carbocycles. The highest BCUT2D eigenvalue weighted by Gasteiger charge is 2.29. The first-order valence-electron chi connectivity index (χ1n) is 12.7. The number of anilines is 2. The second kappa shape index (κ2) is 9.59. The molecule has 2 N–H and O–H groups in total. The largest absolute Gasteiger partial charge is 0.367 e. The van der Waals surface area contributed by atoms with E-state index in [-0.39, 0.29) is 6.04 Å². The molecular weight excluding hydrogens is 460 g/mol. The van der Waals surface area contributed by atoms with E-state index in [9.17, 15) is 0 Å². The summed E-state index contributed by atoms with van der Waals surface area (Å²) in [5, 5.41) is 5.27. The minimum atomic E-state index is -0.0555. The van der Waals surface area contributed by atoms with Gasteiger partial charge in [-0.25, -0.2) is 15.0 Å². The highest BCUT2D eigenvalue weighted by molar-refractivity contribution is 6.36. The van der Waals surface area contributed by atoms with Crippen molar-refractivity contribution in [3.05, 3.63) is 47.6 Å². The Morgan fingerprint density at radius 1 is 1.03 bits per heavy atom. The molecule has 0 radical (unpaired) electrons. The Balaban J connectivity index is 1.34. The van der Waals surface area contributed by atoms with E-state index in [1.165, 1.54) is 37.8 Å². The average Bonchev–Trinajstić information content (AvgIpc) is 3.39. The summed E-state index contributed by atoms with van der Waals surface area (Å²) in [6.45, 7) is 6.29. The van der Waals surface area contributed by atoms with E-state index < -0.39 is 0 Å². The van der Waals surface area contributed by atoms with Crippen molar-refractivity contribution in [3.63, 3.8) is 0 Å². The molecule has 2 fully saturated rings. The molecule has 1 aliphatic heterocycles. The number of halogens is 1. The number of piperazine rings is 1. The van der Waals surface area contributed by atoms with Crippen molar-refractivity contribution in [3.8, 4) is 0 Å². The van der Waals surface area contributed by atoms with Gasteiger partial charge in [0.15, 0.2) is 11.5 Å². The van der Waals surface area contributed by atoms with Gasteiger partial charge in [-0.05, 0) is 38.0 Å². The maximum atomic E-state index is 6.78. The van der Waals surface area contributed by atoms with E-state index in [2.05, 4.69) is 54.1 Å². The first-order chi connectivity index (χ1) is 17.2. The van der Waals surface area contributed by atoms with Crippen LogP contribution in [0.15, 0.2) is 37.1 Å². The third kappa shape index (κ3) is 4.29.